The Balaban J connectivity index is 2.43. The second-order valence-electron chi connectivity index (χ2n) is 8.41. The number of carbonyl (C=O) groups is 2. The number of unbranched alkanes of at least 4 members (excludes halogenated alkanes) is 1. The summed E-state index contributed by atoms with van der Waals surface area (Å²) in [5.74, 6) is 0.316. The molecule has 0 heterocycles. The van der Waals surface area contributed by atoms with E-state index in [0.29, 0.717) is 30.2 Å². The van der Waals surface area contributed by atoms with E-state index < -0.39 is 28.5 Å². The van der Waals surface area contributed by atoms with Crippen LogP contribution in [0.4, 0.5) is 5.69 Å². The molecule has 0 aliphatic heterocycles. The molecule has 198 valence electrons. The first kappa shape index (κ1) is 29.0. The van der Waals surface area contributed by atoms with E-state index in [1.165, 1.54) is 12.0 Å². The molecule has 1 atom stereocenters. The standard InChI is InChI=1S/C26H37N3O6S/c1-6-8-15-27-26(31)24(7-2)28(18-20-11-9-13-22(16-20)34-3)25(30)19-29(36(5,32)33)21-12-10-14-23(17-21)35-4/h9-14,16-17,24H,6-8,15,18-19H2,1-5H3,(H,27,31)/t24-/m1/s1. The summed E-state index contributed by atoms with van der Waals surface area (Å²) >= 11 is 0. The van der Waals surface area contributed by atoms with Crippen LogP contribution >= 0.6 is 0 Å². The lowest BCUT2D eigenvalue weighted by Gasteiger charge is -2.33. The molecule has 0 radical (unpaired) electrons. The van der Waals surface area contributed by atoms with Crippen molar-refractivity contribution < 1.29 is 27.5 Å². The number of rotatable bonds is 14. The first-order valence-electron chi connectivity index (χ1n) is 12.0. The number of carbonyl (C=O) groups excluding carboxylic acids is 2. The third-order valence-corrected chi connectivity index (χ3v) is 6.86. The van der Waals surface area contributed by atoms with Crippen molar-refractivity contribution in [1.29, 1.82) is 0 Å². The Morgan fingerprint density at radius 2 is 1.64 bits per heavy atom. The largest absolute Gasteiger partial charge is 0.497 e. The fraction of sp³-hybridized carbons (Fsp3) is 0.462. The number of benzene rings is 2. The van der Waals surface area contributed by atoms with Gasteiger partial charge in [0.25, 0.3) is 0 Å². The summed E-state index contributed by atoms with van der Waals surface area (Å²) in [6, 6.07) is 12.9. The van der Waals surface area contributed by atoms with Crippen LogP contribution in [0.15, 0.2) is 48.5 Å². The Kier molecular flexibility index (Phi) is 11.0. The van der Waals surface area contributed by atoms with Gasteiger partial charge in [0, 0.05) is 19.2 Å². The van der Waals surface area contributed by atoms with Crippen molar-refractivity contribution >= 4 is 27.5 Å². The van der Waals surface area contributed by atoms with E-state index >= 15 is 0 Å². The lowest BCUT2D eigenvalue weighted by atomic mass is 10.1. The van der Waals surface area contributed by atoms with E-state index in [4.69, 9.17) is 9.47 Å². The molecular weight excluding hydrogens is 482 g/mol. The second-order valence-corrected chi connectivity index (χ2v) is 10.3. The minimum atomic E-state index is -3.82. The van der Waals surface area contributed by atoms with Crippen molar-refractivity contribution in [2.75, 3.05) is 37.9 Å². The number of nitrogens with zero attached hydrogens (tertiary/aromatic N) is 2. The molecule has 0 saturated carbocycles. The van der Waals surface area contributed by atoms with Crippen LogP contribution in [-0.4, -0.2) is 64.7 Å². The molecule has 2 rings (SSSR count). The van der Waals surface area contributed by atoms with Gasteiger partial charge in [-0.15, -0.1) is 0 Å². The highest BCUT2D eigenvalue weighted by Gasteiger charge is 2.31. The van der Waals surface area contributed by atoms with Gasteiger partial charge >= 0.3 is 0 Å². The highest BCUT2D eigenvalue weighted by atomic mass is 32.2. The molecule has 0 aromatic heterocycles. The Hall–Kier alpha value is -3.27. The minimum absolute atomic E-state index is 0.117. The normalized spacial score (nSPS) is 11.9. The molecule has 2 amide bonds. The summed E-state index contributed by atoms with van der Waals surface area (Å²) < 4.78 is 36.9. The molecule has 2 aromatic carbocycles. The maximum absolute atomic E-state index is 13.7. The Bertz CT molecular complexity index is 1120. The predicted octanol–water partition coefficient (Wildman–Crippen LogP) is 3.19. The van der Waals surface area contributed by atoms with Crippen LogP contribution in [0.2, 0.25) is 0 Å². The van der Waals surface area contributed by atoms with Crippen LogP contribution in [0.3, 0.4) is 0 Å². The van der Waals surface area contributed by atoms with E-state index in [0.717, 1.165) is 29.0 Å². The van der Waals surface area contributed by atoms with E-state index in [-0.39, 0.29) is 12.5 Å². The van der Waals surface area contributed by atoms with Crippen LogP contribution in [0.25, 0.3) is 0 Å². The van der Waals surface area contributed by atoms with Gasteiger partial charge in [0.1, 0.15) is 24.1 Å². The summed E-state index contributed by atoms with van der Waals surface area (Å²) in [5, 5.41) is 2.90. The Morgan fingerprint density at radius 3 is 2.22 bits per heavy atom. The van der Waals surface area contributed by atoms with Gasteiger partial charge in [0.15, 0.2) is 0 Å². The highest BCUT2D eigenvalue weighted by molar-refractivity contribution is 7.92. The molecular formula is C26H37N3O6S. The van der Waals surface area contributed by atoms with E-state index in [1.807, 2.05) is 19.9 Å². The van der Waals surface area contributed by atoms with Crippen molar-refractivity contribution in [1.82, 2.24) is 10.2 Å². The van der Waals surface area contributed by atoms with Gasteiger partial charge in [0.2, 0.25) is 21.8 Å². The summed E-state index contributed by atoms with van der Waals surface area (Å²) in [6.07, 6.45) is 3.16. The summed E-state index contributed by atoms with van der Waals surface area (Å²) in [5.41, 5.74) is 1.06. The Morgan fingerprint density at radius 1 is 1.00 bits per heavy atom. The number of methoxy groups -OCH3 is 2. The number of anilines is 1. The number of amides is 2. The van der Waals surface area contributed by atoms with Crippen LogP contribution in [0.5, 0.6) is 11.5 Å². The first-order valence-corrected chi connectivity index (χ1v) is 13.8. The third kappa shape index (κ3) is 8.15. The van der Waals surface area contributed by atoms with Gasteiger partial charge < -0.3 is 19.7 Å². The number of ether oxygens (including phenoxy) is 2. The SMILES string of the molecule is CCCCNC(=O)[C@@H](CC)N(Cc1cccc(OC)c1)C(=O)CN(c1cccc(OC)c1)S(C)(=O)=O. The summed E-state index contributed by atoms with van der Waals surface area (Å²) in [4.78, 5) is 28.2. The molecule has 2 aromatic rings. The zero-order valence-corrected chi connectivity index (χ0v) is 22.5. The highest BCUT2D eigenvalue weighted by Crippen LogP contribution is 2.24. The molecule has 0 bridgehead atoms. The topological polar surface area (TPSA) is 105 Å². The monoisotopic (exact) mass is 519 g/mol. The van der Waals surface area contributed by atoms with Gasteiger partial charge in [-0.05, 0) is 42.7 Å². The van der Waals surface area contributed by atoms with Crippen LogP contribution in [0.1, 0.15) is 38.7 Å². The van der Waals surface area contributed by atoms with E-state index in [1.54, 1.807) is 49.6 Å². The van der Waals surface area contributed by atoms with Crippen LogP contribution in [-0.2, 0) is 26.2 Å². The van der Waals surface area contributed by atoms with Crippen molar-refractivity contribution in [3.63, 3.8) is 0 Å². The molecule has 0 aliphatic carbocycles. The number of hydrogen-bond acceptors (Lipinski definition) is 6. The molecule has 10 heteroatoms. The van der Waals surface area contributed by atoms with Crippen LogP contribution in [0, 0.1) is 0 Å². The third-order valence-electron chi connectivity index (χ3n) is 5.72. The molecule has 1 N–H and O–H groups in total. The first-order chi connectivity index (χ1) is 17.1. The number of sulfonamides is 1. The molecule has 0 aliphatic rings. The maximum Gasteiger partial charge on any atom is 0.244 e. The van der Waals surface area contributed by atoms with Gasteiger partial charge in [0.05, 0.1) is 26.2 Å². The fourth-order valence-electron chi connectivity index (χ4n) is 3.77. The average Bonchev–Trinajstić information content (AvgIpc) is 2.86. The molecule has 0 saturated heterocycles. The van der Waals surface area contributed by atoms with Gasteiger partial charge in [-0.25, -0.2) is 8.42 Å². The maximum atomic E-state index is 13.7. The zero-order chi connectivity index (χ0) is 26.7. The quantitative estimate of drug-likeness (QED) is 0.385. The van der Waals surface area contributed by atoms with Gasteiger partial charge in [-0.1, -0.05) is 38.5 Å². The second kappa shape index (κ2) is 13.7. The average molecular weight is 520 g/mol. The lowest BCUT2D eigenvalue weighted by molar-refractivity contribution is -0.140. The zero-order valence-electron chi connectivity index (χ0n) is 21.7. The molecule has 36 heavy (non-hydrogen) atoms. The van der Waals surface area contributed by atoms with E-state index in [2.05, 4.69) is 5.32 Å². The van der Waals surface area contributed by atoms with Crippen LogP contribution < -0.4 is 19.1 Å². The number of nitrogens with one attached hydrogen (secondary N) is 1. The van der Waals surface area contributed by atoms with Gasteiger partial charge in [-0.2, -0.15) is 0 Å². The molecule has 0 unspecified atom stereocenters. The fourth-order valence-corrected chi connectivity index (χ4v) is 4.61. The molecule has 0 spiro atoms. The Labute approximate surface area is 214 Å². The van der Waals surface area contributed by atoms with Crippen molar-refractivity contribution in [3.8, 4) is 11.5 Å². The number of hydrogen-bond donors (Lipinski definition) is 1. The molecule has 9 nitrogen and oxygen atoms in total. The molecule has 0 fully saturated rings. The van der Waals surface area contributed by atoms with Crippen molar-refractivity contribution in [3.05, 3.63) is 54.1 Å². The predicted molar refractivity (Wildman–Crippen MR) is 141 cm³/mol. The lowest BCUT2D eigenvalue weighted by Crippen LogP contribution is -2.52. The van der Waals surface area contributed by atoms with Crippen molar-refractivity contribution in [2.45, 2.75) is 45.7 Å². The van der Waals surface area contributed by atoms with E-state index in [9.17, 15) is 18.0 Å². The summed E-state index contributed by atoms with van der Waals surface area (Å²) in [6.45, 7) is 4.01. The van der Waals surface area contributed by atoms with Gasteiger partial charge in [-0.3, -0.25) is 13.9 Å². The van der Waals surface area contributed by atoms with Crippen molar-refractivity contribution in [2.24, 2.45) is 0 Å². The summed E-state index contributed by atoms with van der Waals surface area (Å²) in [7, 11) is -0.784. The minimum Gasteiger partial charge on any atom is -0.497 e. The smallest absolute Gasteiger partial charge is 0.244 e.